The molecule has 1 aromatic carbocycles. The third-order valence-corrected chi connectivity index (χ3v) is 4.61. The lowest BCUT2D eigenvalue weighted by Crippen LogP contribution is -2.44. The van der Waals surface area contributed by atoms with E-state index in [2.05, 4.69) is 10.4 Å². The molecule has 0 spiro atoms. The lowest BCUT2D eigenvalue weighted by molar-refractivity contribution is 0.0665. The highest BCUT2D eigenvalue weighted by Crippen LogP contribution is 2.17. The molecule has 3 rings (SSSR count). The Morgan fingerprint density at radius 2 is 2.04 bits per heavy atom. The summed E-state index contributed by atoms with van der Waals surface area (Å²) in [6, 6.07) is 11.0. The van der Waals surface area contributed by atoms with E-state index in [9.17, 15) is 9.59 Å². The number of piperidine rings is 1. The summed E-state index contributed by atoms with van der Waals surface area (Å²) in [5.74, 6) is 0.153. The number of aromatic nitrogens is 2. The van der Waals surface area contributed by atoms with Crippen LogP contribution in [0.15, 0.2) is 41.2 Å². The summed E-state index contributed by atoms with van der Waals surface area (Å²) in [4.78, 5) is 27.0. The maximum absolute atomic E-state index is 12.9. The van der Waals surface area contributed by atoms with Crippen LogP contribution < -0.4 is 10.7 Å². The van der Waals surface area contributed by atoms with Crippen LogP contribution in [0.4, 0.5) is 0 Å². The highest BCUT2D eigenvalue weighted by molar-refractivity contribution is 5.92. The molecule has 1 aliphatic heterocycles. The van der Waals surface area contributed by atoms with Crippen LogP contribution in [0.1, 0.15) is 29.0 Å². The van der Waals surface area contributed by atoms with E-state index >= 15 is 0 Å². The summed E-state index contributed by atoms with van der Waals surface area (Å²) in [7, 11) is 1.92. The number of carbonyl (C=O) groups is 1. The minimum Gasteiger partial charge on any atom is -0.337 e. The molecular weight excluding hydrogens is 352 g/mol. The van der Waals surface area contributed by atoms with Crippen LogP contribution in [0, 0.1) is 12.8 Å². The summed E-state index contributed by atoms with van der Waals surface area (Å²) in [5, 5.41) is 7.55. The van der Waals surface area contributed by atoms with Crippen molar-refractivity contribution in [3.63, 3.8) is 0 Å². The van der Waals surface area contributed by atoms with E-state index in [-0.39, 0.29) is 29.4 Å². The number of amides is 1. The fraction of sp³-hybridized carbons (Fsp3) is 0.421. The normalized spacial score (nSPS) is 16.8. The van der Waals surface area contributed by atoms with E-state index in [4.69, 9.17) is 0 Å². The van der Waals surface area contributed by atoms with E-state index in [0.29, 0.717) is 24.7 Å². The number of rotatable bonds is 4. The second kappa shape index (κ2) is 8.96. The molecule has 7 heteroatoms. The summed E-state index contributed by atoms with van der Waals surface area (Å²) in [6.07, 6.45) is 2.05. The van der Waals surface area contributed by atoms with Gasteiger partial charge in [0.15, 0.2) is 5.69 Å². The largest absolute Gasteiger partial charge is 0.337 e. The summed E-state index contributed by atoms with van der Waals surface area (Å²) in [5.41, 5.74) is 1.23. The number of benzene rings is 1. The minimum atomic E-state index is -0.314. The molecule has 1 atom stereocenters. The van der Waals surface area contributed by atoms with Gasteiger partial charge in [-0.25, -0.2) is 4.68 Å². The van der Waals surface area contributed by atoms with Gasteiger partial charge in [-0.15, -0.1) is 12.4 Å². The molecule has 0 aliphatic carbocycles. The number of hydrogen-bond donors (Lipinski definition) is 1. The number of aryl methyl sites for hydroxylation is 1. The Hall–Kier alpha value is -2.18. The quantitative estimate of drug-likeness (QED) is 0.886. The van der Waals surface area contributed by atoms with Gasteiger partial charge in [0.05, 0.1) is 5.69 Å². The van der Waals surface area contributed by atoms with Gasteiger partial charge in [-0.3, -0.25) is 9.59 Å². The topological polar surface area (TPSA) is 67.2 Å². The molecule has 1 aliphatic rings. The van der Waals surface area contributed by atoms with E-state index in [1.54, 1.807) is 9.58 Å². The second-order valence-electron chi connectivity index (χ2n) is 6.56. The van der Waals surface area contributed by atoms with Gasteiger partial charge in [-0.05, 0) is 51.4 Å². The average molecular weight is 377 g/mol. The van der Waals surface area contributed by atoms with Gasteiger partial charge in [0.2, 0.25) is 5.43 Å². The fourth-order valence-corrected chi connectivity index (χ4v) is 3.38. The minimum absolute atomic E-state index is 0. The van der Waals surface area contributed by atoms with Gasteiger partial charge in [0.25, 0.3) is 5.91 Å². The molecule has 6 nitrogen and oxygen atoms in total. The van der Waals surface area contributed by atoms with Crippen molar-refractivity contribution in [1.29, 1.82) is 0 Å². The van der Waals surface area contributed by atoms with Crippen molar-refractivity contribution in [3.05, 3.63) is 58.0 Å². The van der Waals surface area contributed by atoms with Gasteiger partial charge in [0, 0.05) is 24.8 Å². The zero-order valence-corrected chi connectivity index (χ0v) is 16.0. The summed E-state index contributed by atoms with van der Waals surface area (Å²) in [6.45, 7) is 4.04. The van der Waals surface area contributed by atoms with Crippen molar-refractivity contribution < 1.29 is 4.79 Å². The van der Waals surface area contributed by atoms with Crippen LogP contribution in [0.25, 0.3) is 5.69 Å². The van der Waals surface area contributed by atoms with Gasteiger partial charge < -0.3 is 10.2 Å². The molecule has 1 unspecified atom stereocenters. The second-order valence-corrected chi connectivity index (χ2v) is 6.56. The molecule has 1 N–H and O–H groups in total. The van der Waals surface area contributed by atoms with Gasteiger partial charge in [0.1, 0.15) is 0 Å². The summed E-state index contributed by atoms with van der Waals surface area (Å²) >= 11 is 0. The van der Waals surface area contributed by atoms with Crippen molar-refractivity contribution in [2.75, 3.05) is 26.7 Å². The maximum Gasteiger partial charge on any atom is 0.278 e. The van der Waals surface area contributed by atoms with Crippen LogP contribution in [-0.2, 0) is 0 Å². The first kappa shape index (κ1) is 20.1. The van der Waals surface area contributed by atoms with Crippen molar-refractivity contribution in [3.8, 4) is 5.69 Å². The number of carbonyl (C=O) groups excluding carboxylic acids is 1. The third-order valence-electron chi connectivity index (χ3n) is 4.61. The maximum atomic E-state index is 12.9. The number of nitrogens with one attached hydrogen (secondary N) is 1. The van der Waals surface area contributed by atoms with Crippen LogP contribution in [-0.4, -0.2) is 47.3 Å². The van der Waals surface area contributed by atoms with E-state index < -0.39 is 0 Å². The molecular formula is C19H25ClN4O2. The highest BCUT2D eigenvalue weighted by Gasteiger charge is 2.27. The molecule has 1 amide bonds. The van der Waals surface area contributed by atoms with Gasteiger partial charge >= 0.3 is 0 Å². The molecule has 1 fully saturated rings. The average Bonchev–Trinajstić information content (AvgIpc) is 2.62. The number of nitrogens with zero attached hydrogens (tertiary/aromatic N) is 3. The fourth-order valence-electron chi connectivity index (χ4n) is 3.38. The lowest BCUT2D eigenvalue weighted by atomic mass is 9.98. The number of halogens is 1. The van der Waals surface area contributed by atoms with Crippen molar-refractivity contribution in [1.82, 2.24) is 20.0 Å². The summed E-state index contributed by atoms with van der Waals surface area (Å²) < 4.78 is 1.66. The molecule has 2 heterocycles. The Kier molecular flexibility index (Phi) is 6.94. The molecule has 1 aromatic heterocycles. The molecule has 0 radical (unpaired) electrons. The van der Waals surface area contributed by atoms with E-state index in [1.165, 1.54) is 6.07 Å². The molecule has 0 saturated carbocycles. The van der Waals surface area contributed by atoms with Crippen molar-refractivity contribution >= 4 is 18.3 Å². The zero-order valence-electron chi connectivity index (χ0n) is 15.1. The Morgan fingerprint density at radius 1 is 1.31 bits per heavy atom. The molecule has 2 aromatic rings. The molecule has 26 heavy (non-hydrogen) atoms. The van der Waals surface area contributed by atoms with Crippen LogP contribution in [0.2, 0.25) is 0 Å². The van der Waals surface area contributed by atoms with E-state index in [1.807, 2.05) is 44.3 Å². The Balaban J connectivity index is 0.00000243. The molecule has 0 bridgehead atoms. The van der Waals surface area contributed by atoms with Crippen molar-refractivity contribution in [2.24, 2.45) is 5.92 Å². The van der Waals surface area contributed by atoms with Gasteiger partial charge in [-0.1, -0.05) is 18.2 Å². The van der Waals surface area contributed by atoms with Crippen LogP contribution in [0.3, 0.4) is 0 Å². The lowest BCUT2D eigenvalue weighted by Gasteiger charge is -2.32. The Bertz CT molecular complexity index is 805. The van der Waals surface area contributed by atoms with Crippen molar-refractivity contribution in [2.45, 2.75) is 19.8 Å². The first-order valence-electron chi connectivity index (χ1n) is 8.70. The predicted octanol–water partition coefficient (Wildman–Crippen LogP) is 2.03. The molecule has 140 valence electrons. The predicted molar refractivity (Wildman–Crippen MR) is 104 cm³/mol. The number of hydrogen-bond acceptors (Lipinski definition) is 4. The SMILES string of the molecule is CNCC1CCCN(C(=O)c2nn(-c3ccccc3)c(C)cc2=O)C1.Cl. The standard InChI is InChI=1S/C19H24N4O2.ClH/c1-14-11-17(24)18(21-23(14)16-8-4-3-5-9-16)19(25)22-10-6-7-15(13-22)12-20-2;/h3-5,8-9,11,15,20H,6-7,10,12-13H2,1-2H3;1H. The zero-order chi connectivity index (χ0) is 17.8. The number of likely N-dealkylation sites (tertiary alicyclic amines) is 1. The van der Waals surface area contributed by atoms with E-state index in [0.717, 1.165) is 25.1 Å². The first-order chi connectivity index (χ1) is 12.1. The van der Waals surface area contributed by atoms with Gasteiger partial charge in [-0.2, -0.15) is 5.10 Å². The Labute approximate surface area is 159 Å². The number of para-hydroxylation sites is 1. The molecule has 1 saturated heterocycles. The first-order valence-corrected chi connectivity index (χ1v) is 8.70. The highest BCUT2D eigenvalue weighted by atomic mass is 35.5. The third kappa shape index (κ3) is 4.31. The van der Waals surface area contributed by atoms with Crippen LogP contribution in [0.5, 0.6) is 0 Å². The monoisotopic (exact) mass is 376 g/mol. The van der Waals surface area contributed by atoms with Crippen LogP contribution >= 0.6 is 12.4 Å². The Morgan fingerprint density at radius 3 is 2.73 bits per heavy atom. The smallest absolute Gasteiger partial charge is 0.278 e.